The average molecular weight is 330 g/mol. The monoisotopic (exact) mass is 330 g/mol. The maximum atomic E-state index is 12.3. The van der Waals surface area contributed by atoms with Crippen molar-refractivity contribution >= 4 is 27.5 Å². The minimum Gasteiger partial charge on any atom is -0.347 e. The molecule has 1 aromatic carbocycles. The summed E-state index contributed by atoms with van der Waals surface area (Å²) in [5.41, 5.74) is 2.56. The minimum atomic E-state index is -0.535. The molecule has 1 amide bonds. The summed E-state index contributed by atoms with van der Waals surface area (Å²) in [6, 6.07) is 6.84. The van der Waals surface area contributed by atoms with Gasteiger partial charge < -0.3 is 5.32 Å². The number of benzene rings is 1. The molecular weight excluding hydrogens is 316 g/mol. The van der Waals surface area contributed by atoms with E-state index in [4.69, 9.17) is 0 Å². The van der Waals surface area contributed by atoms with E-state index in [2.05, 4.69) is 10.3 Å². The molecule has 0 saturated carbocycles. The fourth-order valence-electron chi connectivity index (χ4n) is 2.30. The third-order valence-corrected chi connectivity index (χ3v) is 4.55. The first-order chi connectivity index (χ1) is 11.0. The zero-order valence-electron chi connectivity index (χ0n) is 12.6. The molecule has 2 aromatic heterocycles. The number of nitrogens with one attached hydrogen (secondary N) is 1. The van der Waals surface area contributed by atoms with Crippen molar-refractivity contribution in [1.82, 2.24) is 19.4 Å². The number of rotatable bonds is 3. The number of thiazole rings is 1. The van der Waals surface area contributed by atoms with Gasteiger partial charge in [-0.1, -0.05) is 12.1 Å². The molecule has 0 spiro atoms. The van der Waals surface area contributed by atoms with Crippen LogP contribution in [0.15, 0.2) is 39.4 Å². The second-order valence-corrected chi connectivity index (χ2v) is 5.92. The highest BCUT2D eigenvalue weighted by Crippen LogP contribution is 2.21. The summed E-state index contributed by atoms with van der Waals surface area (Å²) in [5.74, 6) is -0.469. The molecule has 3 aromatic rings. The van der Waals surface area contributed by atoms with Crippen molar-refractivity contribution in [2.75, 3.05) is 0 Å². The largest absolute Gasteiger partial charge is 0.347 e. The van der Waals surface area contributed by atoms with Gasteiger partial charge in [-0.25, -0.2) is 9.78 Å². The maximum absolute atomic E-state index is 12.3. The second-order valence-electron chi connectivity index (χ2n) is 5.07. The summed E-state index contributed by atoms with van der Waals surface area (Å²) in [6.45, 7) is 0.293. The Hall–Kier alpha value is -2.74. The maximum Gasteiger partial charge on any atom is 0.331 e. The molecule has 0 saturated heterocycles. The van der Waals surface area contributed by atoms with Crippen LogP contribution in [0.3, 0.4) is 0 Å². The van der Waals surface area contributed by atoms with Gasteiger partial charge in [0.1, 0.15) is 5.69 Å². The highest BCUT2D eigenvalue weighted by Gasteiger charge is 2.14. The summed E-state index contributed by atoms with van der Waals surface area (Å²) < 4.78 is 3.12. The number of aromatic nitrogens is 3. The van der Waals surface area contributed by atoms with E-state index < -0.39 is 17.2 Å². The Morgan fingerprint density at radius 1 is 1.26 bits per heavy atom. The van der Waals surface area contributed by atoms with Crippen LogP contribution in [0.2, 0.25) is 0 Å². The number of carbonyl (C=O) groups excluding carboxylic acids is 1. The first kappa shape index (κ1) is 15.2. The zero-order valence-corrected chi connectivity index (χ0v) is 13.4. The van der Waals surface area contributed by atoms with Crippen LogP contribution >= 0.6 is 11.3 Å². The normalized spacial score (nSPS) is 10.9. The summed E-state index contributed by atoms with van der Waals surface area (Å²) >= 11 is 1.50. The predicted octanol–water partition coefficient (Wildman–Crippen LogP) is 0.624. The Morgan fingerprint density at radius 2 is 2.04 bits per heavy atom. The van der Waals surface area contributed by atoms with Gasteiger partial charge in [-0.15, -0.1) is 11.3 Å². The Kier molecular flexibility index (Phi) is 3.83. The van der Waals surface area contributed by atoms with E-state index >= 15 is 0 Å². The number of fused-ring (bicyclic) bond motifs is 1. The van der Waals surface area contributed by atoms with Gasteiger partial charge in [-0.3, -0.25) is 18.7 Å². The van der Waals surface area contributed by atoms with Crippen LogP contribution in [-0.2, 0) is 20.6 Å². The molecule has 118 valence electrons. The molecule has 3 rings (SSSR count). The van der Waals surface area contributed by atoms with Gasteiger partial charge in [0.2, 0.25) is 0 Å². The molecule has 8 heteroatoms. The summed E-state index contributed by atoms with van der Waals surface area (Å²) in [7, 11) is 2.83. The molecular formula is C15H14N4O3S. The highest BCUT2D eigenvalue weighted by atomic mass is 32.1. The topological polar surface area (TPSA) is 86.0 Å². The van der Waals surface area contributed by atoms with Crippen molar-refractivity contribution in [2.24, 2.45) is 14.1 Å². The summed E-state index contributed by atoms with van der Waals surface area (Å²) in [6.07, 6.45) is 0. The third kappa shape index (κ3) is 2.68. The van der Waals surface area contributed by atoms with Crippen LogP contribution in [-0.4, -0.2) is 20.0 Å². The molecule has 0 aliphatic heterocycles. The Labute approximate surface area is 134 Å². The lowest BCUT2D eigenvalue weighted by Crippen LogP contribution is -2.41. The SMILES string of the molecule is Cn1c(C(=O)NCc2cccc3ncsc23)cc(=O)n(C)c1=O. The van der Waals surface area contributed by atoms with E-state index in [-0.39, 0.29) is 5.69 Å². The highest BCUT2D eigenvalue weighted by molar-refractivity contribution is 7.16. The molecule has 0 unspecified atom stereocenters. The van der Waals surface area contributed by atoms with Crippen molar-refractivity contribution in [3.05, 3.63) is 61.9 Å². The molecule has 7 nitrogen and oxygen atoms in total. The van der Waals surface area contributed by atoms with Crippen LogP contribution < -0.4 is 16.6 Å². The van der Waals surface area contributed by atoms with Gasteiger partial charge in [-0.05, 0) is 11.6 Å². The predicted molar refractivity (Wildman–Crippen MR) is 87.7 cm³/mol. The van der Waals surface area contributed by atoms with Crippen molar-refractivity contribution < 1.29 is 4.79 Å². The number of carbonyl (C=O) groups is 1. The van der Waals surface area contributed by atoms with E-state index in [1.54, 1.807) is 5.51 Å². The quantitative estimate of drug-likeness (QED) is 0.763. The Morgan fingerprint density at radius 3 is 2.83 bits per heavy atom. The number of amides is 1. The summed E-state index contributed by atoms with van der Waals surface area (Å²) in [4.78, 5) is 40.1. The number of hydrogen-bond acceptors (Lipinski definition) is 5. The van der Waals surface area contributed by atoms with Gasteiger partial charge in [0, 0.05) is 26.7 Å². The van der Waals surface area contributed by atoms with Crippen LogP contribution in [0.5, 0.6) is 0 Å². The standard InChI is InChI=1S/C15H14N4O3S/c1-18-11(6-12(20)19(2)15(18)22)14(21)16-7-9-4-3-5-10-13(9)23-8-17-10/h3-6,8H,7H2,1-2H3,(H,16,21). The first-order valence-corrected chi connectivity index (χ1v) is 7.73. The molecule has 0 bridgehead atoms. The fourth-order valence-corrected chi connectivity index (χ4v) is 3.11. The smallest absolute Gasteiger partial charge is 0.331 e. The molecule has 0 fully saturated rings. The first-order valence-electron chi connectivity index (χ1n) is 6.85. The lowest BCUT2D eigenvalue weighted by atomic mass is 10.2. The van der Waals surface area contributed by atoms with E-state index in [0.29, 0.717) is 6.54 Å². The number of nitrogens with zero attached hydrogens (tertiary/aromatic N) is 3. The summed E-state index contributed by atoms with van der Waals surface area (Å²) in [5, 5.41) is 2.74. The van der Waals surface area contributed by atoms with Gasteiger partial charge in [-0.2, -0.15) is 0 Å². The molecule has 0 radical (unpaired) electrons. The molecule has 1 N–H and O–H groups in total. The molecule has 0 atom stereocenters. The minimum absolute atomic E-state index is 0.0366. The van der Waals surface area contributed by atoms with Crippen molar-refractivity contribution in [3.8, 4) is 0 Å². The average Bonchev–Trinajstić information content (AvgIpc) is 3.03. The molecule has 23 heavy (non-hydrogen) atoms. The Bertz CT molecular complexity index is 1020. The van der Waals surface area contributed by atoms with Gasteiger partial charge in [0.25, 0.3) is 11.5 Å². The van der Waals surface area contributed by atoms with E-state index in [1.165, 1.54) is 25.4 Å². The lowest BCUT2D eigenvalue weighted by molar-refractivity contribution is 0.0941. The lowest BCUT2D eigenvalue weighted by Gasteiger charge is -2.10. The third-order valence-electron chi connectivity index (χ3n) is 3.64. The van der Waals surface area contributed by atoms with Gasteiger partial charge >= 0.3 is 5.69 Å². The van der Waals surface area contributed by atoms with Crippen LogP contribution in [0.1, 0.15) is 16.1 Å². The van der Waals surface area contributed by atoms with Crippen LogP contribution in [0.4, 0.5) is 0 Å². The zero-order chi connectivity index (χ0) is 16.6. The van der Waals surface area contributed by atoms with Crippen molar-refractivity contribution in [3.63, 3.8) is 0 Å². The van der Waals surface area contributed by atoms with Crippen molar-refractivity contribution in [2.45, 2.75) is 6.54 Å². The van der Waals surface area contributed by atoms with E-state index in [0.717, 1.165) is 31.0 Å². The molecule has 2 heterocycles. The molecule has 0 aliphatic carbocycles. The van der Waals surface area contributed by atoms with Crippen molar-refractivity contribution in [1.29, 1.82) is 0 Å². The molecule has 0 aliphatic rings. The Balaban J connectivity index is 1.87. The fraction of sp³-hybridized carbons (Fsp3) is 0.200. The van der Waals surface area contributed by atoms with E-state index in [1.807, 2.05) is 18.2 Å². The van der Waals surface area contributed by atoms with Crippen LogP contribution in [0.25, 0.3) is 10.2 Å². The van der Waals surface area contributed by atoms with Crippen LogP contribution in [0, 0.1) is 0 Å². The second kappa shape index (κ2) is 5.81. The van der Waals surface area contributed by atoms with E-state index in [9.17, 15) is 14.4 Å². The van der Waals surface area contributed by atoms with Gasteiger partial charge in [0.05, 0.1) is 15.7 Å². The number of hydrogen-bond donors (Lipinski definition) is 1. The van der Waals surface area contributed by atoms with Gasteiger partial charge in [0.15, 0.2) is 0 Å².